The number of pyridine rings is 1. The highest BCUT2D eigenvalue weighted by Gasteiger charge is 2.24. The number of carbonyl (C=O) groups excluding carboxylic acids is 1. The van der Waals surface area contributed by atoms with Gasteiger partial charge in [-0.3, -0.25) is 4.79 Å². The van der Waals surface area contributed by atoms with Gasteiger partial charge in [0.25, 0.3) is 10.0 Å². The average Bonchev–Trinajstić information content (AvgIpc) is 2.79. The molecule has 186 valence electrons. The zero-order valence-electron chi connectivity index (χ0n) is 20.8. The molecule has 3 rings (SSSR count). The summed E-state index contributed by atoms with van der Waals surface area (Å²) < 4.78 is 48.0. The fraction of sp³-hybridized carbons (Fsp3) is 0.333. The van der Waals surface area contributed by atoms with Gasteiger partial charge >= 0.3 is 0 Å². The molecule has 0 spiro atoms. The van der Waals surface area contributed by atoms with Crippen LogP contribution in [0, 0.1) is 12.7 Å². The minimum absolute atomic E-state index is 0.0533. The van der Waals surface area contributed by atoms with E-state index in [9.17, 15) is 17.6 Å². The Hall–Kier alpha value is -3.26. The molecule has 0 fully saturated rings. The largest absolute Gasteiger partial charge is 0.481 e. The molecule has 0 unspecified atom stereocenters. The van der Waals surface area contributed by atoms with Gasteiger partial charge in [-0.25, -0.2) is 22.5 Å². The SMILES string of the molecule is COc1cc(-c2cc(F)cc(C(C)C)c2CC(=O)NS(=O)(=O)c2ccc(C(C)C)cc2C)ccn1. The number of nitrogens with one attached hydrogen (secondary N) is 1. The van der Waals surface area contributed by atoms with Gasteiger partial charge in [0.15, 0.2) is 0 Å². The standard InChI is InChI=1S/C27H31FN2O4S/c1-16(2)19-7-8-25(18(5)11-19)35(32,33)30-26(31)15-24-22(17(3)4)13-21(28)14-23(24)20-9-10-29-27(12-20)34-6/h7-14,16-17H,15H2,1-6H3,(H,30,31). The molecule has 6 nitrogen and oxygen atoms in total. The predicted octanol–water partition coefficient (Wildman–Crippen LogP) is 5.50. The second-order valence-corrected chi connectivity index (χ2v) is 10.8. The third-order valence-electron chi connectivity index (χ3n) is 5.87. The number of halogens is 1. The molecule has 0 aliphatic heterocycles. The number of benzene rings is 2. The first-order valence-electron chi connectivity index (χ1n) is 11.4. The lowest BCUT2D eigenvalue weighted by molar-refractivity contribution is -0.118. The van der Waals surface area contributed by atoms with Crippen LogP contribution in [-0.2, 0) is 21.2 Å². The number of hydrogen-bond donors (Lipinski definition) is 1. The van der Waals surface area contributed by atoms with E-state index in [1.54, 1.807) is 25.1 Å². The Morgan fingerprint density at radius 1 is 1.06 bits per heavy atom. The molecule has 2 aromatic carbocycles. The van der Waals surface area contributed by atoms with Gasteiger partial charge in [0, 0.05) is 12.3 Å². The molecule has 8 heteroatoms. The number of ether oxygens (including phenoxy) is 1. The van der Waals surface area contributed by atoms with Gasteiger partial charge in [0.05, 0.1) is 18.4 Å². The first-order valence-corrected chi connectivity index (χ1v) is 12.9. The summed E-state index contributed by atoms with van der Waals surface area (Å²) in [6, 6.07) is 11.2. The maximum atomic E-state index is 14.6. The number of aryl methyl sites for hydroxylation is 1. The Morgan fingerprint density at radius 3 is 2.37 bits per heavy atom. The second kappa shape index (κ2) is 10.6. The molecule has 0 aliphatic rings. The van der Waals surface area contributed by atoms with Crippen LogP contribution in [0.3, 0.4) is 0 Å². The van der Waals surface area contributed by atoms with E-state index in [0.717, 1.165) is 5.56 Å². The van der Waals surface area contributed by atoms with Crippen molar-refractivity contribution >= 4 is 15.9 Å². The maximum absolute atomic E-state index is 14.6. The molecule has 0 atom stereocenters. The zero-order valence-corrected chi connectivity index (χ0v) is 21.7. The smallest absolute Gasteiger partial charge is 0.264 e. The Balaban J connectivity index is 1.99. The summed E-state index contributed by atoms with van der Waals surface area (Å²) in [4.78, 5) is 17.2. The molecule has 1 aromatic heterocycles. The highest BCUT2D eigenvalue weighted by Crippen LogP contribution is 2.33. The van der Waals surface area contributed by atoms with Crippen LogP contribution in [0.25, 0.3) is 11.1 Å². The van der Waals surface area contributed by atoms with E-state index in [-0.39, 0.29) is 23.2 Å². The van der Waals surface area contributed by atoms with Crippen molar-refractivity contribution in [3.8, 4) is 17.0 Å². The average molecular weight is 499 g/mol. The van der Waals surface area contributed by atoms with E-state index in [2.05, 4.69) is 9.71 Å². The lowest BCUT2D eigenvalue weighted by atomic mass is 9.88. The van der Waals surface area contributed by atoms with Crippen LogP contribution in [0.15, 0.2) is 53.6 Å². The molecular formula is C27H31FN2O4S. The number of nitrogens with zero attached hydrogens (tertiary/aromatic N) is 1. The molecule has 0 bridgehead atoms. The van der Waals surface area contributed by atoms with Gasteiger partial charge < -0.3 is 4.74 Å². The Kier molecular flexibility index (Phi) is 7.95. The van der Waals surface area contributed by atoms with E-state index < -0.39 is 21.7 Å². The second-order valence-electron chi connectivity index (χ2n) is 9.15. The minimum Gasteiger partial charge on any atom is -0.481 e. The summed E-state index contributed by atoms with van der Waals surface area (Å²) in [7, 11) is -2.61. The minimum atomic E-state index is -4.09. The highest BCUT2D eigenvalue weighted by molar-refractivity contribution is 7.90. The summed E-state index contributed by atoms with van der Waals surface area (Å²) in [6.07, 6.45) is 1.29. The zero-order chi connectivity index (χ0) is 25.9. The lowest BCUT2D eigenvalue weighted by Crippen LogP contribution is -2.32. The van der Waals surface area contributed by atoms with Gasteiger partial charge in [-0.05, 0) is 76.4 Å². The number of methoxy groups -OCH3 is 1. The van der Waals surface area contributed by atoms with E-state index in [0.29, 0.717) is 33.7 Å². The summed E-state index contributed by atoms with van der Waals surface area (Å²) in [6.45, 7) is 9.54. The van der Waals surface area contributed by atoms with E-state index in [4.69, 9.17) is 4.74 Å². The maximum Gasteiger partial charge on any atom is 0.264 e. The molecular weight excluding hydrogens is 467 g/mol. The van der Waals surface area contributed by atoms with Crippen molar-refractivity contribution in [2.24, 2.45) is 0 Å². The van der Waals surface area contributed by atoms with Gasteiger partial charge in [-0.1, -0.05) is 39.8 Å². The number of aromatic nitrogens is 1. The molecule has 0 radical (unpaired) electrons. The normalized spacial score (nSPS) is 11.7. The molecule has 0 saturated carbocycles. The fourth-order valence-corrected chi connectivity index (χ4v) is 5.26. The predicted molar refractivity (Wildman–Crippen MR) is 135 cm³/mol. The summed E-state index contributed by atoms with van der Waals surface area (Å²) >= 11 is 0. The van der Waals surface area contributed by atoms with Gasteiger partial charge in [-0.2, -0.15) is 0 Å². The van der Waals surface area contributed by atoms with E-state index in [1.165, 1.54) is 31.5 Å². The van der Waals surface area contributed by atoms with Crippen LogP contribution >= 0.6 is 0 Å². The van der Waals surface area contributed by atoms with Crippen molar-refractivity contribution in [3.63, 3.8) is 0 Å². The summed E-state index contributed by atoms with van der Waals surface area (Å²) in [5.74, 6) is -0.655. The van der Waals surface area contributed by atoms with Gasteiger partial charge in [0.2, 0.25) is 11.8 Å². The molecule has 0 saturated heterocycles. The van der Waals surface area contributed by atoms with E-state index >= 15 is 0 Å². The van der Waals surface area contributed by atoms with Crippen LogP contribution in [0.4, 0.5) is 4.39 Å². The number of amides is 1. The number of carbonyl (C=O) groups is 1. The number of sulfonamides is 1. The van der Waals surface area contributed by atoms with Gasteiger partial charge in [0.1, 0.15) is 5.82 Å². The third-order valence-corrected chi connectivity index (χ3v) is 7.40. The van der Waals surface area contributed by atoms with Crippen LogP contribution in [-0.4, -0.2) is 26.4 Å². The van der Waals surface area contributed by atoms with Crippen molar-refractivity contribution in [2.45, 2.75) is 57.8 Å². The molecule has 1 N–H and O–H groups in total. The quantitative estimate of drug-likeness (QED) is 0.443. The van der Waals surface area contributed by atoms with Gasteiger partial charge in [-0.15, -0.1) is 0 Å². The molecule has 1 amide bonds. The first kappa shape index (κ1) is 26.3. The van der Waals surface area contributed by atoms with Crippen LogP contribution in [0.5, 0.6) is 5.88 Å². The Morgan fingerprint density at radius 2 is 1.77 bits per heavy atom. The van der Waals surface area contributed by atoms with Crippen LogP contribution < -0.4 is 9.46 Å². The van der Waals surface area contributed by atoms with Crippen molar-refractivity contribution in [3.05, 3.63) is 76.7 Å². The Labute approximate surface area is 206 Å². The molecule has 0 aliphatic carbocycles. The molecule has 1 heterocycles. The van der Waals surface area contributed by atoms with Crippen molar-refractivity contribution in [1.82, 2.24) is 9.71 Å². The first-order chi connectivity index (χ1) is 16.4. The summed E-state index contributed by atoms with van der Waals surface area (Å²) in [5, 5.41) is 0. The van der Waals surface area contributed by atoms with Crippen molar-refractivity contribution < 1.29 is 22.3 Å². The van der Waals surface area contributed by atoms with Crippen molar-refractivity contribution in [2.75, 3.05) is 7.11 Å². The van der Waals surface area contributed by atoms with Crippen LogP contribution in [0.2, 0.25) is 0 Å². The fourth-order valence-electron chi connectivity index (χ4n) is 4.05. The van der Waals surface area contributed by atoms with Crippen molar-refractivity contribution in [1.29, 1.82) is 0 Å². The highest BCUT2D eigenvalue weighted by atomic mass is 32.2. The van der Waals surface area contributed by atoms with E-state index in [1.807, 2.05) is 33.8 Å². The molecule has 35 heavy (non-hydrogen) atoms. The molecule has 3 aromatic rings. The number of rotatable bonds is 8. The topological polar surface area (TPSA) is 85.4 Å². The number of hydrogen-bond acceptors (Lipinski definition) is 5. The Bertz CT molecular complexity index is 1350. The summed E-state index contributed by atoms with van der Waals surface area (Å²) in [5.41, 5.74) is 3.85. The third kappa shape index (κ3) is 6.06. The van der Waals surface area contributed by atoms with Crippen LogP contribution in [0.1, 0.15) is 61.8 Å². The lowest BCUT2D eigenvalue weighted by Gasteiger charge is -2.19. The monoisotopic (exact) mass is 498 g/mol.